The number of nitrogens with two attached hydrogens (primary N) is 1. The molecule has 39 heavy (non-hydrogen) atoms. The van der Waals surface area contributed by atoms with Crippen LogP contribution in [0.4, 0.5) is 37.7 Å². The number of hydrogen-bond donors (Lipinski definition) is 5. The summed E-state index contributed by atoms with van der Waals surface area (Å²) in [6.45, 7) is 3.58. The summed E-state index contributed by atoms with van der Waals surface area (Å²) in [6, 6.07) is 7.80. The van der Waals surface area contributed by atoms with Gasteiger partial charge in [0.2, 0.25) is 5.41 Å². The molecule has 0 radical (unpaired) electrons. The van der Waals surface area contributed by atoms with Crippen LogP contribution in [-0.2, 0) is 5.41 Å². The molecule has 6 N–H and O–H groups in total. The first-order chi connectivity index (χ1) is 18.1. The van der Waals surface area contributed by atoms with E-state index in [0.717, 1.165) is 6.07 Å². The largest absolute Gasteiger partial charge is 0.506 e. The molecule has 0 aliphatic rings. The van der Waals surface area contributed by atoms with Crippen molar-refractivity contribution in [2.75, 3.05) is 17.6 Å². The third-order valence-corrected chi connectivity index (χ3v) is 5.78. The van der Waals surface area contributed by atoms with Crippen molar-refractivity contribution in [3.05, 3.63) is 95.6 Å². The van der Waals surface area contributed by atoms with Crippen molar-refractivity contribution in [2.45, 2.75) is 17.8 Å². The maximum Gasteiger partial charge on any atom is 0.411 e. The SMILES string of the molecule is C=CCNC(=O)c1cccc(C(=O)Nc2cc(C(c3ccc(O)c(N)c3)(C(F)(F)F)C(F)(F)F)ccc2O)c1. The number of halogens is 6. The van der Waals surface area contributed by atoms with Crippen molar-refractivity contribution in [3.63, 3.8) is 0 Å². The summed E-state index contributed by atoms with van der Waals surface area (Å²) in [5.74, 6) is -3.14. The Morgan fingerprint density at radius 1 is 0.821 bits per heavy atom. The second-order valence-corrected chi connectivity index (χ2v) is 8.28. The van der Waals surface area contributed by atoms with E-state index in [1.54, 1.807) is 0 Å². The minimum Gasteiger partial charge on any atom is -0.506 e. The fourth-order valence-electron chi connectivity index (χ4n) is 3.90. The highest BCUT2D eigenvalue weighted by Gasteiger charge is 2.72. The molecule has 0 bridgehead atoms. The molecule has 206 valence electrons. The van der Waals surface area contributed by atoms with Crippen LogP contribution in [0.5, 0.6) is 11.5 Å². The summed E-state index contributed by atoms with van der Waals surface area (Å²) >= 11 is 0. The van der Waals surface area contributed by atoms with Crippen LogP contribution >= 0.6 is 0 Å². The molecule has 0 unspecified atom stereocenters. The van der Waals surface area contributed by atoms with Gasteiger partial charge in [-0.05, 0) is 53.6 Å². The van der Waals surface area contributed by atoms with Gasteiger partial charge in [-0.1, -0.05) is 24.3 Å². The first-order valence-corrected chi connectivity index (χ1v) is 11.0. The average molecular weight is 553 g/mol. The number of anilines is 2. The Morgan fingerprint density at radius 2 is 1.36 bits per heavy atom. The minimum atomic E-state index is -5.99. The number of phenolic OH excluding ortho intramolecular Hbond substituents is 2. The van der Waals surface area contributed by atoms with Crippen LogP contribution in [0.1, 0.15) is 31.8 Å². The fraction of sp³-hybridized carbons (Fsp3) is 0.154. The van der Waals surface area contributed by atoms with Gasteiger partial charge in [0.25, 0.3) is 11.8 Å². The Kier molecular flexibility index (Phi) is 7.85. The zero-order valence-corrected chi connectivity index (χ0v) is 19.8. The van der Waals surface area contributed by atoms with Gasteiger partial charge in [-0.15, -0.1) is 6.58 Å². The van der Waals surface area contributed by atoms with Crippen LogP contribution in [0.15, 0.2) is 73.3 Å². The van der Waals surface area contributed by atoms with Crippen molar-refractivity contribution in [2.24, 2.45) is 0 Å². The van der Waals surface area contributed by atoms with Crippen molar-refractivity contribution in [1.29, 1.82) is 0 Å². The van der Waals surface area contributed by atoms with Gasteiger partial charge in [0.15, 0.2) is 0 Å². The average Bonchev–Trinajstić information content (AvgIpc) is 2.85. The number of aromatic hydroxyl groups is 2. The number of phenols is 2. The normalized spacial score (nSPS) is 12.1. The lowest BCUT2D eigenvalue weighted by atomic mass is 9.72. The molecule has 0 saturated heterocycles. The predicted molar refractivity (Wildman–Crippen MR) is 130 cm³/mol. The van der Waals surface area contributed by atoms with E-state index in [-0.39, 0.29) is 17.7 Å². The molecule has 0 fully saturated rings. The van der Waals surface area contributed by atoms with E-state index in [9.17, 15) is 46.1 Å². The van der Waals surface area contributed by atoms with Gasteiger partial charge >= 0.3 is 12.4 Å². The summed E-state index contributed by atoms with van der Waals surface area (Å²) < 4.78 is 86.6. The van der Waals surface area contributed by atoms with Crippen molar-refractivity contribution >= 4 is 23.2 Å². The number of carbonyl (C=O) groups is 2. The van der Waals surface area contributed by atoms with Gasteiger partial charge in [-0.3, -0.25) is 9.59 Å². The topological polar surface area (TPSA) is 125 Å². The van der Waals surface area contributed by atoms with Crippen LogP contribution in [0, 0.1) is 0 Å². The minimum absolute atomic E-state index is 0.0422. The Balaban J connectivity index is 2.12. The van der Waals surface area contributed by atoms with Gasteiger partial charge in [-0.2, -0.15) is 26.3 Å². The van der Waals surface area contributed by atoms with E-state index >= 15 is 0 Å². The van der Waals surface area contributed by atoms with Gasteiger partial charge in [0.05, 0.1) is 11.4 Å². The van der Waals surface area contributed by atoms with Crippen molar-refractivity contribution in [1.82, 2.24) is 5.32 Å². The molecule has 0 aliphatic heterocycles. The number of benzene rings is 3. The summed E-state index contributed by atoms with van der Waals surface area (Å²) in [5, 5.41) is 24.3. The molecule has 0 aromatic heterocycles. The van der Waals surface area contributed by atoms with Crippen LogP contribution in [-0.4, -0.2) is 40.9 Å². The smallest absolute Gasteiger partial charge is 0.411 e. The fourth-order valence-corrected chi connectivity index (χ4v) is 3.90. The maximum absolute atomic E-state index is 14.4. The molecule has 2 amide bonds. The highest BCUT2D eigenvalue weighted by Crippen LogP contribution is 2.57. The van der Waals surface area contributed by atoms with E-state index in [1.165, 1.54) is 24.3 Å². The third kappa shape index (κ3) is 5.47. The predicted octanol–water partition coefficient (Wildman–Crippen LogP) is 5.26. The summed E-state index contributed by atoms with van der Waals surface area (Å²) in [7, 11) is 0. The van der Waals surface area contributed by atoms with Crippen molar-refractivity contribution < 1.29 is 46.1 Å². The highest BCUT2D eigenvalue weighted by molar-refractivity contribution is 6.06. The number of nitrogens with one attached hydrogen (secondary N) is 2. The molecular formula is C26H21F6N3O4. The quantitative estimate of drug-likeness (QED) is 0.118. The second-order valence-electron chi connectivity index (χ2n) is 8.28. The zero-order chi connectivity index (χ0) is 29.2. The lowest BCUT2D eigenvalue weighted by molar-refractivity contribution is -0.288. The molecule has 0 aliphatic carbocycles. The van der Waals surface area contributed by atoms with E-state index in [0.29, 0.717) is 36.4 Å². The van der Waals surface area contributed by atoms with Crippen LogP contribution in [0.25, 0.3) is 0 Å². The number of amides is 2. The van der Waals surface area contributed by atoms with Gasteiger partial charge in [0.1, 0.15) is 11.5 Å². The van der Waals surface area contributed by atoms with E-state index in [4.69, 9.17) is 5.73 Å². The molecule has 0 saturated carbocycles. The zero-order valence-electron chi connectivity index (χ0n) is 19.8. The summed E-state index contributed by atoms with van der Waals surface area (Å²) in [5.41, 5.74) is -3.60. The monoisotopic (exact) mass is 553 g/mol. The number of hydrogen-bond acceptors (Lipinski definition) is 5. The standard InChI is InChI=1S/C26H21F6N3O4/c1-2-10-34-22(38)14-4-3-5-15(11-14)23(39)35-19-13-17(7-9-21(19)37)24(25(27,28)29,26(30,31)32)16-6-8-20(36)18(33)12-16/h2-9,11-13,36-37H,1,10,33H2,(H,34,38)(H,35,39). The molecule has 0 atom stereocenters. The molecule has 3 aromatic rings. The van der Waals surface area contributed by atoms with Crippen LogP contribution in [0.3, 0.4) is 0 Å². The molecule has 3 rings (SSSR count). The first-order valence-electron chi connectivity index (χ1n) is 11.0. The van der Waals surface area contributed by atoms with Gasteiger partial charge < -0.3 is 26.6 Å². The molecule has 0 heterocycles. The number of nitrogen functional groups attached to an aromatic ring is 1. The van der Waals surface area contributed by atoms with E-state index < -0.39 is 63.6 Å². The van der Waals surface area contributed by atoms with E-state index in [2.05, 4.69) is 17.2 Å². The summed E-state index contributed by atoms with van der Waals surface area (Å²) in [4.78, 5) is 24.9. The Hall–Kier alpha value is -4.68. The van der Waals surface area contributed by atoms with E-state index in [1.807, 2.05) is 0 Å². The highest BCUT2D eigenvalue weighted by atomic mass is 19.4. The Bertz CT molecular complexity index is 1410. The summed E-state index contributed by atoms with van der Waals surface area (Å²) in [6.07, 6.45) is -10.6. The molecule has 3 aromatic carbocycles. The lowest BCUT2D eigenvalue weighted by Crippen LogP contribution is -2.54. The van der Waals surface area contributed by atoms with Crippen LogP contribution in [0.2, 0.25) is 0 Å². The number of carbonyl (C=O) groups excluding carboxylic acids is 2. The van der Waals surface area contributed by atoms with Gasteiger partial charge in [0, 0.05) is 17.7 Å². The van der Waals surface area contributed by atoms with Crippen LogP contribution < -0.4 is 16.4 Å². The van der Waals surface area contributed by atoms with Crippen molar-refractivity contribution in [3.8, 4) is 11.5 Å². The number of alkyl halides is 6. The molecule has 0 spiro atoms. The molecule has 13 heteroatoms. The molecule has 7 nitrogen and oxygen atoms in total. The third-order valence-electron chi connectivity index (χ3n) is 5.78. The lowest BCUT2D eigenvalue weighted by Gasteiger charge is -2.38. The Morgan fingerprint density at radius 3 is 1.90 bits per heavy atom. The van der Waals surface area contributed by atoms with Gasteiger partial charge in [-0.25, -0.2) is 0 Å². The maximum atomic E-state index is 14.4. The molecular weight excluding hydrogens is 532 g/mol. The Labute approximate surface area is 217 Å². The first kappa shape index (κ1) is 28.9. The second kappa shape index (κ2) is 10.6. The number of rotatable bonds is 7.